The molecule has 0 radical (unpaired) electrons. The van der Waals surface area contributed by atoms with Crippen LogP contribution < -0.4 is 5.01 Å². The summed E-state index contributed by atoms with van der Waals surface area (Å²) in [7, 11) is 0. The average Bonchev–Trinajstić information content (AvgIpc) is 3.40. The Morgan fingerprint density at radius 2 is 1.34 bits per heavy atom. The first kappa shape index (κ1) is 17.5. The quantitative estimate of drug-likeness (QED) is 0.556. The van der Waals surface area contributed by atoms with Gasteiger partial charge in [0.1, 0.15) is 17.0 Å². The van der Waals surface area contributed by atoms with Crippen molar-refractivity contribution in [3.8, 4) is 0 Å². The summed E-state index contributed by atoms with van der Waals surface area (Å²) in [6.07, 6.45) is 0. The number of anilines is 1. The Morgan fingerprint density at radius 1 is 0.759 bits per heavy atom. The van der Waals surface area contributed by atoms with E-state index in [0.717, 1.165) is 22.6 Å². The van der Waals surface area contributed by atoms with E-state index < -0.39 is 0 Å². The number of rotatable bonds is 3. The molecule has 0 atom stereocenters. The molecule has 0 bridgehead atoms. The summed E-state index contributed by atoms with van der Waals surface area (Å²) in [6, 6.07) is 29.0. The second-order valence-electron chi connectivity index (χ2n) is 6.50. The number of hydrazone groups is 1. The highest BCUT2D eigenvalue weighted by Crippen LogP contribution is 2.41. The molecule has 0 saturated carbocycles. The first-order valence-electron chi connectivity index (χ1n) is 9.19. The predicted octanol–water partition coefficient (Wildman–Crippen LogP) is 5.41. The van der Waals surface area contributed by atoms with Gasteiger partial charge in [-0.3, -0.25) is 4.79 Å². The minimum absolute atomic E-state index is 0.194. The van der Waals surface area contributed by atoms with E-state index in [9.17, 15) is 4.79 Å². The fraction of sp³-hybridized carbons (Fsp3) is 0. The third-order valence-electron chi connectivity index (χ3n) is 4.63. The van der Waals surface area contributed by atoms with E-state index in [1.54, 1.807) is 0 Å². The fourth-order valence-electron chi connectivity index (χ4n) is 3.22. The minimum Gasteiger partial charge on any atom is -0.448 e. The van der Waals surface area contributed by atoms with Gasteiger partial charge in [0, 0.05) is 16.5 Å². The zero-order valence-electron chi connectivity index (χ0n) is 15.4. The van der Waals surface area contributed by atoms with Crippen LogP contribution in [-0.4, -0.2) is 11.6 Å². The monoisotopic (exact) mass is 396 g/mol. The Balaban J connectivity index is 1.57. The predicted molar refractivity (Wildman–Crippen MR) is 117 cm³/mol. The maximum absolute atomic E-state index is 13.4. The van der Waals surface area contributed by atoms with Crippen LogP contribution in [-0.2, 0) is 9.53 Å². The molecule has 5 rings (SSSR count). The summed E-state index contributed by atoms with van der Waals surface area (Å²) in [4.78, 5) is 13.4. The Kier molecular flexibility index (Phi) is 4.50. The number of benzene rings is 3. The van der Waals surface area contributed by atoms with Gasteiger partial charge in [-0.2, -0.15) is 10.1 Å². The molecule has 0 aromatic heterocycles. The molecule has 0 saturated heterocycles. The number of hydrogen-bond acceptors (Lipinski definition) is 4. The van der Waals surface area contributed by atoms with Crippen LogP contribution >= 0.6 is 11.8 Å². The molecule has 3 aromatic rings. The molecule has 2 heterocycles. The number of ether oxygens (including phenoxy) is 1. The normalized spacial score (nSPS) is 18.5. The Bertz CT molecular complexity index is 1150. The molecule has 0 N–H and O–H groups in total. The summed E-state index contributed by atoms with van der Waals surface area (Å²) in [5, 5.41) is 8.58. The van der Waals surface area contributed by atoms with Crippen LogP contribution in [0.15, 0.2) is 112 Å². The molecule has 2 aliphatic rings. The van der Waals surface area contributed by atoms with Crippen molar-refractivity contribution in [2.45, 2.75) is 0 Å². The van der Waals surface area contributed by atoms with Crippen molar-refractivity contribution in [3.05, 3.63) is 118 Å². The number of carbonyl (C=O) groups excluding carboxylic acids is 1. The number of para-hydroxylation sites is 1. The molecule has 0 unspecified atom stereocenters. The lowest BCUT2D eigenvalue weighted by atomic mass is 10.0. The largest absolute Gasteiger partial charge is 0.448 e. The molecule has 2 aliphatic heterocycles. The molecular weight excluding hydrogens is 380 g/mol. The molecule has 1 amide bonds. The first-order valence-corrected chi connectivity index (χ1v) is 10.1. The van der Waals surface area contributed by atoms with Gasteiger partial charge < -0.3 is 4.74 Å². The highest BCUT2D eigenvalue weighted by Gasteiger charge is 2.37. The average molecular weight is 396 g/mol. The van der Waals surface area contributed by atoms with Crippen LogP contribution in [0.2, 0.25) is 0 Å². The van der Waals surface area contributed by atoms with E-state index in [4.69, 9.17) is 4.74 Å². The lowest BCUT2D eigenvalue weighted by molar-refractivity contribution is -0.114. The fourth-order valence-corrected chi connectivity index (χ4v) is 4.06. The van der Waals surface area contributed by atoms with Crippen LogP contribution in [0.25, 0.3) is 5.76 Å². The molecule has 29 heavy (non-hydrogen) atoms. The molecule has 3 aromatic carbocycles. The van der Waals surface area contributed by atoms with E-state index in [-0.39, 0.29) is 5.91 Å². The topological polar surface area (TPSA) is 41.9 Å². The van der Waals surface area contributed by atoms with Crippen molar-refractivity contribution in [2.24, 2.45) is 5.10 Å². The summed E-state index contributed by atoms with van der Waals surface area (Å²) >= 11 is 1.41. The summed E-state index contributed by atoms with van der Waals surface area (Å²) in [5.74, 6) is 0.539. The maximum Gasteiger partial charge on any atom is 0.285 e. The molecule has 140 valence electrons. The van der Waals surface area contributed by atoms with Crippen molar-refractivity contribution in [1.82, 2.24) is 0 Å². The summed E-state index contributed by atoms with van der Waals surface area (Å²) in [6.45, 7) is 0. The zero-order valence-corrected chi connectivity index (χ0v) is 16.2. The van der Waals surface area contributed by atoms with Gasteiger partial charge in [-0.1, -0.05) is 90.6 Å². The molecule has 0 fully saturated rings. The number of carbonyl (C=O) groups is 1. The van der Waals surface area contributed by atoms with Gasteiger partial charge in [-0.05, 0) is 12.1 Å². The van der Waals surface area contributed by atoms with E-state index in [1.807, 2.05) is 96.4 Å². The Hall–Kier alpha value is -3.57. The molecule has 0 spiro atoms. The zero-order chi connectivity index (χ0) is 19.6. The van der Waals surface area contributed by atoms with Crippen LogP contribution in [0.3, 0.4) is 0 Å². The van der Waals surface area contributed by atoms with Crippen molar-refractivity contribution >= 4 is 34.8 Å². The summed E-state index contributed by atoms with van der Waals surface area (Å²) in [5.41, 5.74) is 3.66. The van der Waals surface area contributed by atoms with Crippen molar-refractivity contribution < 1.29 is 9.53 Å². The van der Waals surface area contributed by atoms with Crippen LogP contribution in [0.5, 0.6) is 0 Å². The van der Waals surface area contributed by atoms with E-state index in [1.165, 1.54) is 16.8 Å². The van der Waals surface area contributed by atoms with E-state index in [0.29, 0.717) is 16.4 Å². The molecule has 0 aliphatic carbocycles. The van der Waals surface area contributed by atoms with Gasteiger partial charge in [-0.25, -0.2) is 0 Å². The Labute approximate surface area is 172 Å². The maximum atomic E-state index is 13.4. The second-order valence-corrected chi connectivity index (χ2v) is 7.34. The van der Waals surface area contributed by atoms with Gasteiger partial charge >= 0.3 is 0 Å². The lowest BCUT2D eigenvalue weighted by Gasteiger charge is -2.11. The van der Waals surface area contributed by atoms with Crippen molar-refractivity contribution in [3.63, 3.8) is 0 Å². The third kappa shape index (κ3) is 3.26. The van der Waals surface area contributed by atoms with Crippen molar-refractivity contribution in [1.29, 1.82) is 0 Å². The molecule has 4 nitrogen and oxygen atoms in total. The van der Waals surface area contributed by atoms with Crippen LogP contribution in [0, 0.1) is 0 Å². The lowest BCUT2D eigenvalue weighted by Crippen LogP contribution is -2.22. The SMILES string of the molecule is O=C1C(=C2OC(c3ccccc3)=CS2)C(c2ccccc2)=NN1c1ccccc1. The van der Waals surface area contributed by atoms with Gasteiger partial charge in [0.2, 0.25) is 0 Å². The number of amides is 1. The van der Waals surface area contributed by atoms with Gasteiger partial charge in [0.05, 0.1) is 5.69 Å². The third-order valence-corrected chi connectivity index (χ3v) is 5.46. The van der Waals surface area contributed by atoms with Gasteiger partial charge in [0.25, 0.3) is 5.91 Å². The van der Waals surface area contributed by atoms with E-state index >= 15 is 0 Å². The van der Waals surface area contributed by atoms with E-state index in [2.05, 4.69) is 5.10 Å². The molecule has 5 heteroatoms. The highest BCUT2D eigenvalue weighted by molar-refractivity contribution is 8.06. The second kappa shape index (κ2) is 7.45. The van der Waals surface area contributed by atoms with Gasteiger partial charge in [0.15, 0.2) is 5.09 Å². The standard InChI is InChI=1S/C24H16N2O2S/c27-23-21(24-28-20(16-29-24)17-10-4-1-5-11-17)22(18-12-6-2-7-13-18)25-26(23)19-14-8-3-9-15-19/h1-16H. The highest BCUT2D eigenvalue weighted by atomic mass is 32.2. The first-order chi connectivity index (χ1) is 14.3. The smallest absolute Gasteiger partial charge is 0.285 e. The van der Waals surface area contributed by atoms with Crippen LogP contribution in [0.4, 0.5) is 5.69 Å². The number of thioether (sulfide) groups is 1. The number of hydrogen-bond donors (Lipinski definition) is 0. The van der Waals surface area contributed by atoms with Gasteiger partial charge in [-0.15, -0.1) is 0 Å². The number of nitrogens with zero attached hydrogens (tertiary/aromatic N) is 2. The summed E-state index contributed by atoms with van der Waals surface area (Å²) < 4.78 is 6.11. The van der Waals surface area contributed by atoms with Crippen molar-refractivity contribution in [2.75, 3.05) is 5.01 Å². The Morgan fingerprint density at radius 3 is 2.00 bits per heavy atom. The minimum atomic E-state index is -0.194. The molecular formula is C24H16N2O2S. The van der Waals surface area contributed by atoms with Crippen LogP contribution in [0.1, 0.15) is 11.1 Å².